The molecule has 1 aromatic rings. The molecule has 3 nitrogen and oxygen atoms in total. The molecule has 0 radical (unpaired) electrons. The molecule has 0 aliphatic rings. The maximum Gasteiger partial charge on any atom is 0.119 e. The lowest BCUT2D eigenvalue weighted by Crippen LogP contribution is -2.13. The van der Waals surface area contributed by atoms with Gasteiger partial charge in [0.05, 0.1) is 11.3 Å². The minimum Gasteiger partial charge on any atom is -0.311 e. The summed E-state index contributed by atoms with van der Waals surface area (Å²) in [6.45, 7) is 3.74. The fraction of sp³-hybridized carbons (Fsp3) is 0.333. The normalized spacial score (nSPS) is 9.62. The van der Waals surface area contributed by atoms with Gasteiger partial charge in [-0.3, -0.25) is 0 Å². The van der Waals surface area contributed by atoms with Crippen molar-refractivity contribution in [2.45, 2.75) is 13.5 Å². The molecule has 0 aliphatic heterocycles. The van der Waals surface area contributed by atoms with E-state index in [1.165, 1.54) is 0 Å². The van der Waals surface area contributed by atoms with Crippen molar-refractivity contribution in [2.75, 3.05) is 6.54 Å². The molecule has 4 heteroatoms. The van der Waals surface area contributed by atoms with Crippen LogP contribution in [0, 0.1) is 15.0 Å². The Kier molecular flexibility index (Phi) is 4.12. The van der Waals surface area contributed by atoms with Gasteiger partial charge >= 0.3 is 0 Å². The smallest absolute Gasteiger partial charge is 0.119 e. The van der Waals surface area contributed by atoms with Gasteiger partial charge in [-0.2, -0.15) is 5.26 Å². The van der Waals surface area contributed by atoms with Crippen LogP contribution < -0.4 is 5.32 Å². The van der Waals surface area contributed by atoms with Gasteiger partial charge in [0.25, 0.3) is 0 Å². The second kappa shape index (κ2) is 5.14. The van der Waals surface area contributed by atoms with Crippen molar-refractivity contribution in [3.8, 4) is 6.07 Å². The Morgan fingerprint density at radius 1 is 1.62 bits per heavy atom. The molecule has 68 valence electrons. The van der Waals surface area contributed by atoms with Crippen molar-refractivity contribution in [2.24, 2.45) is 0 Å². The zero-order valence-electron chi connectivity index (χ0n) is 7.34. The number of hydrogen-bond donors (Lipinski definition) is 1. The molecular weight excluding hydrogens is 277 g/mol. The third-order valence-corrected chi connectivity index (χ3v) is 2.41. The summed E-state index contributed by atoms with van der Waals surface area (Å²) in [5, 5.41) is 11.9. The fourth-order valence-corrected chi connectivity index (χ4v) is 1.52. The van der Waals surface area contributed by atoms with E-state index in [-0.39, 0.29) is 0 Å². The van der Waals surface area contributed by atoms with E-state index >= 15 is 0 Å². The van der Waals surface area contributed by atoms with Crippen LogP contribution in [0.15, 0.2) is 12.1 Å². The second-order valence-electron chi connectivity index (χ2n) is 2.53. The van der Waals surface area contributed by atoms with Gasteiger partial charge < -0.3 is 5.32 Å². The first kappa shape index (κ1) is 10.4. The van der Waals surface area contributed by atoms with Crippen molar-refractivity contribution in [3.63, 3.8) is 0 Å². The lowest BCUT2D eigenvalue weighted by atomic mass is 10.2. The molecule has 0 atom stereocenters. The average molecular weight is 287 g/mol. The van der Waals surface area contributed by atoms with Gasteiger partial charge in [0.2, 0.25) is 0 Å². The summed E-state index contributed by atoms with van der Waals surface area (Å²) in [6.07, 6.45) is 0. The standard InChI is InChI=1S/C9H10IN3/c1-2-12-6-8-4-3-7(5-11)9(10)13-8/h3-4,12H,2,6H2,1H3. The van der Waals surface area contributed by atoms with E-state index in [4.69, 9.17) is 5.26 Å². The van der Waals surface area contributed by atoms with Gasteiger partial charge in [-0.1, -0.05) is 6.92 Å². The molecule has 0 bridgehead atoms. The third kappa shape index (κ3) is 2.94. The lowest BCUT2D eigenvalue weighted by molar-refractivity contribution is 0.709. The number of nitrogens with zero attached hydrogens (tertiary/aromatic N) is 2. The molecule has 0 fully saturated rings. The Hall–Kier alpha value is -0.670. The molecular formula is C9H10IN3. The largest absolute Gasteiger partial charge is 0.311 e. The number of aromatic nitrogens is 1. The Labute approximate surface area is 91.3 Å². The van der Waals surface area contributed by atoms with E-state index in [2.05, 4.69) is 45.9 Å². The maximum atomic E-state index is 8.67. The molecule has 0 aliphatic carbocycles. The van der Waals surface area contributed by atoms with Crippen LogP contribution in [0.1, 0.15) is 18.2 Å². The number of nitrogens with one attached hydrogen (secondary N) is 1. The Balaban J connectivity index is 2.79. The summed E-state index contributed by atoms with van der Waals surface area (Å²) in [6, 6.07) is 5.77. The average Bonchev–Trinajstić information content (AvgIpc) is 2.15. The number of nitriles is 1. The SMILES string of the molecule is CCNCc1ccc(C#N)c(I)n1. The highest BCUT2D eigenvalue weighted by Crippen LogP contribution is 2.09. The van der Waals surface area contributed by atoms with E-state index in [9.17, 15) is 0 Å². The van der Waals surface area contributed by atoms with Crippen LogP contribution in [0.5, 0.6) is 0 Å². The quantitative estimate of drug-likeness (QED) is 0.679. The molecule has 0 saturated carbocycles. The van der Waals surface area contributed by atoms with Crippen LogP contribution in [-0.2, 0) is 6.54 Å². The summed E-state index contributed by atoms with van der Waals surface area (Å²) in [7, 11) is 0. The number of rotatable bonds is 3. The second-order valence-corrected chi connectivity index (χ2v) is 3.55. The summed E-state index contributed by atoms with van der Waals surface area (Å²) < 4.78 is 0.774. The number of halogens is 1. The molecule has 1 N–H and O–H groups in total. The van der Waals surface area contributed by atoms with Gasteiger partial charge in [0, 0.05) is 6.54 Å². The van der Waals surface area contributed by atoms with E-state index in [1.807, 2.05) is 6.07 Å². The Morgan fingerprint density at radius 2 is 2.38 bits per heavy atom. The highest BCUT2D eigenvalue weighted by atomic mass is 127. The Morgan fingerprint density at radius 3 is 2.92 bits per heavy atom. The predicted octanol–water partition coefficient (Wildman–Crippen LogP) is 1.67. The fourth-order valence-electron chi connectivity index (χ4n) is 0.907. The van der Waals surface area contributed by atoms with Crippen molar-refractivity contribution in [3.05, 3.63) is 27.1 Å². The van der Waals surface area contributed by atoms with Crippen LogP contribution >= 0.6 is 22.6 Å². The minimum absolute atomic E-state index is 0.640. The molecule has 0 aromatic carbocycles. The van der Waals surface area contributed by atoms with Crippen molar-refractivity contribution in [1.82, 2.24) is 10.3 Å². The summed E-state index contributed by atoms with van der Waals surface area (Å²) in [4.78, 5) is 4.28. The molecule has 1 rings (SSSR count). The summed E-state index contributed by atoms with van der Waals surface area (Å²) >= 11 is 2.08. The van der Waals surface area contributed by atoms with Gasteiger partial charge in [0.1, 0.15) is 9.77 Å². The zero-order valence-corrected chi connectivity index (χ0v) is 9.50. The molecule has 0 unspecified atom stereocenters. The van der Waals surface area contributed by atoms with Crippen molar-refractivity contribution < 1.29 is 0 Å². The van der Waals surface area contributed by atoms with Crippen LogP contribution in [0.25, 0.3) is 0 Å². The minimum atomic E-state index is 0.640. The van der Waals surface area contributed by atoms with Crippen LogP contribution in [0.2, 0.25) is 0 Å². The van der Waals surface area contributed by atoms with Crippen molar-refractivity contribution >= 4 is 22.6 Å². The first-order valence-electron chi connectivity index (χ1n) is 4.04. The van der Waals surface area contributed by atoms with E-state index in [0.717, 1.165) is 22.5 Å². The van der Waals surface area contributed by atoms with E-state index in [0.29, 0.717) is 5.56 Å². The highest BCUT2D eigenvalue weighted by Gasteiger charge is 2.00. The lowest BCUT2D eigenvalue weighted by Gasteiger charge is -2.02. The van der Waals surface area contributed by atoms with Crippen LogP contribution in [-0.4, -0.2) is 11.5 Å². The van der Waals surface area contributed by atoms with Gasteiger partial charge in [-0.25, -0.2) is 4.98 Å². The predicted molar refractivity (Wildman–Crippen MR) is 59.0 cm³/mol. The van der Waals surface area contributed by atoms with Crippen LogP contribution in [0.3, 0.4) is 0 Å². The molecule has 0 saturated heterocycles. The molecule has 13 heavy (non-hydrogen) atoms. The zero-order chi connectivity index (χ0) is 9.68. The molecule has 1 heterocycles. The maximum absolute atomic E-state index is 8.67. The molecule has 0 spiro atoms. The van der Waals surface area contributed by atoms with Gasteiger partial charge in [-0.05, 0) is 41.3 Å². The number of pyridine rings is 1. The van der Waals surface area contributed by atoms with E-state index in [1.54, 1.807) is 6.07 Å². The first-order valence-corrected chi connectivity index (χ1v) is 5.12. The Bertz CT molecular complexity index is 330. The van der Waals surface area contributed by atoms with Crippen molar-refractivity contribution in [1.29, 1.82) is 5.26 Å². The molecule has 0 amide bonds. The van der Waals surface area contributed by atoms with E-state index < -0.39 is 0 Å². The molecule has 1 aromatic heterocycles. The van der Waals surface area contributed by atoms with Gasteiger partial charge in [0.15, 0.2) is 0 Å². The van der Waals surface area contributed by atoms with Crippen LogP contribution in [0.4, 0.5) is 0 Å². The monoisotopic (exact) mass is 287 g/mol. The van der Waals surface area contributed by atoms with Gasteiger partial charge in [-0.15, -0.1) is 0 Å². The third-order valence-electron chi connectivity index (χ3n) is 1.58. The summed E-state index contributed by atoms with van der Waals surface area (Å²) in [5.74, 6) is 0. The summed E-state index contributed by atoms with van der Waals surface area (Å²) in [5.41, 5.74) is 1.62. The topological polar surface area (TPSA) is 48.7 Å². The first-order chi connectivity index (χ1) is 6.27. The highest BCUT2D eigenvalue weighted by molar-refractivity contribution is 14.1. The number of hydrogen-bond acceptors (Lipinski definition) is 3.